The van der Waals surface area contributed by atoms with Gasteiger partial charge in [-0.2, -0.15) is 0 Å². The molecule has 1 aromatic heterocycles. The number of hydrogen-bond donors (Lipinski definition) is 1. The van der Waals surface area contributed by atoms with Gasteiger partial charge in [0.2, 0.25) is 0 Å². The van der Waals surface area contributed by atoms with Gasteiger partial charge in [-0.15, -0.1) is 0 Å². The summed E-state index contributed by atoms with van der Waals surface area (Å²) < 4.78 is 0. The Morgan fingerprint density at radius 3 is 2.40 bits per heavy atom. The lowest BCUT2D eigenvalue weighted by molar-refractivity contribution is 0.733. The van der Waals surface area contributed by atoms with Gasteiger partial charge in [0.05, 0.1) is 0 Å². The van der Waals surface area contributed by atoms with Crippen molar-refractivity contribution in [1.82, 2.24) is 9.97 Å². The molecule has 2 aromatic rings. The molecular formula is C16H20ClN3. The Hall–Kier alpha value is -1.45. The predicted octanol–water partition coefficient (Wildman–Crippen LogP) is 3.40. The van der Waals surface area contributed by atoms with Crippen molar-refractivity contribution in [2.75, 3.05) is 6.54 Å². The van der Waals surface area contributed by atoms with Crippen LogP contribution in [0.1, 0.15) is 41.2 Å². The first-order chi connectivity index (χ1) is 9.51. The highest BCUT2D eigenvalue weighted by atomic mass is 35.5. The molecule has 0 spiro atoms. The third-order valence-electron chi connectivity index (χ3n) is 3.47. The minimum absolute atomic E-state index is 0.287. The molecule has 2 rings (SSSR count). The number of nitrogens with two attached hydrogens (primary N) is 1. The van der Waals surface area contributed by atoms with E-state index in [1.807, 2.05) is 38.1 Å². The first-order valence-corrected chi connectivity index (χ1v) is 7.17. The average molecular weight is 290 g/mol. The van der Waals surface area contributed by atoms with Gasteiger partial charge in [0, 0.05) is 22.8 Å². The lowest BCUT2D eigenvalue weighted by Gasteiger charge is -2.15. The normalized spacial score (nSPS) is 12.4. The molecule has 1 atom stereocenters. The number of halogens is 1. The minimum Gasteiger partial charge on any atom is -0.330 e. The molecule has 0 fully saturated rings. The van der Waals surface area contributed by atoms with E-state index in [1.165, 1.54) is 5.56 Å². The molecule has 106 valence electrons. The highest BCUT2D eigenvalue weighted by Crippen LogP contribution is 2.21. The summed E-state index contributed by atoms with van der Waals surface area (Å²) in [6.45, 7) is 6.77. The van der Waals surface area contributed by atoms with Crippen LogP contribution in [0.2, 0.25) is 5.02 Å². The second kappa shape index (κ2) is 6.33. The summed E-state index contributed by atoms with van der Waals surface area (Å²) in [5.41, 5.74) is 10.1. The van der Waals surface area contributed by atoms with Crippen LogP contribution in [0, 0.1) is 13.8 Å². The van der Waals surface area contributed by atoms with Crippen LogP contribution in [0.3, 0.4) is 0 Å². The standard InChI is InChI=1S/C16H20ClN3/c1-10(9-18)16-11(2)19-15(20-12(16)3)8-13-5-4-6-14(17)7-13/h4-7,10H,8-9,18H2,1-3H3. The van der Waals surface area contributed by atoms with Crippen molar-refractivity contribution in [2.45, 2.75) is 33.1 Å². The van der Waals surface area contributed by atoms with E-state index in [9.17, 15) is 0 Å². The second-order valence-corrected chi connectivity index (χ2v) is 5.60. The molecule has 0 bridgehead atoms. The van der Waals surface area contributed by atoms with Gasteiger partial charge < -0.3 is 5.73 Å². The predicted molar refractivity (Wildman–Crippen MR) is 83.2 cm³/mol. The molecule has 4 heteroatoms. The zero-order chi connectivity index (χ0) is 14.7. The van der Waals surface area contributed by atoms with Crippen LogP contribution in [0.25, 0.3) is 0 Å². The fraction of sp³-hybridized carbons (Fsp3) is 0.375. The molecule has 0 aliphatic carbocycles. The number of nitrogens with zero attached hydrogens (tertiary/aromatic N) is 2. The van der Waals surface area contributed by atoms with Crippen molar-refractivity contribution >= 4 is 11.6 Å². The van der Waals surface area contributed by atoms with E-state index in [0.717, 1.165) is 27.8 Å². The summed E-state index contributed by atoms with van der Waals surface area (Å²) in [5, 5.41) is 0.740. The van der Waals surface area contributed by atoms with Crippen LogP contribution in [0.5, 0.6) is 0 Å². The monoisotopic (exact) mass is 289 g/mol. The first kappa shape index (κ1) is 14.9. The molecule has 0 aliphatic rings. The molecule has 20 heavy (non-hydrogen) atoms. The Balaban J connectivity index is 2.31. The maximum atomic E-state index is 6.00. The zero-order valence-corrected chi connectivity index (χ0v) is 12.9. The van der Waals surface area contributed by atoms with Crippen LogP contribution < -0.4 is 5.73 Å². The van der Waals surface area contributed by atoms with Crippen molar-refractivity contribution < 1.29 is 0 Å². The van der Waals surface area contributed by atoms with Crippen molar-refractivity contribution in [3.8, 4) is 0 Å². The fourth-order valence-corrected chi connectivity index (χ4v) is 2.75. The summed E-state index contributed by atoms with van der Waals surface area (Å²) in [6.07, 6.45) is 0.694. The van der Waals surface area contributed by atoms with Crippen molar-refractivity contribution in [2.24, 2.45) is 5.73 Å². The molecule has 2 N–H and O–H groups in total. The van der Waals surface area contributed by atoms with E-state index >= 15 is 0 Å². The molecular weight excluding hydrogens is 270 g/mol. The van der Waals surface area contributed by atoms with Crippen molar-refractivity contribution in [3.05, 3.63) is 57.6 Å². The van der Waals surface area contributed by atoms with Gasteiger partial charge in [0.25, 0.3) is 0 Å². The SMILES string of the molecule is Cc1nc(Cc2cccc(Cl)c2)nc(C)c1C(C)CN. The largest absolute Gasteiger partial charge is 0.330 e. The quantitative estimate of drug-likeness (QED) is 0.938. The van der Waals surface area contributed by atoms with Crippen LogP contribution in [0.15, 0.2) is 24.3 Å². The van der Waals surface area contributed by atoms with Gasteiger partial charge in [0.1, 0.15) is 5.82 Å². The van der Waals surface area contributed by atoms with Gasteiger partial charge in [-0.25, -0.2) is 9.97 Å². The Morgan fingerprint density at radius 2 is 1.85 bits per heavy atom. The summed E-state index contributed by atoms with van der Waals surface area (Å²) in [6, 6.07) is 7.80. The van der Waals surface area contributed by atoms with E-state index < -0.39 is 0 Å². The number of benzene rings is 1. The first-order valence-electron chi connectivity index (χ1n) is 6.79. The van der Waals surface area contributed by atoms with Crippen LogP contribution in [-0.4, -0.2) is 16.5 Å². The Kier molecular flexibility index (Phi) is 4.73. The van der Waals surface area contributed by atoms with Gasteiger partial charge >= 0.3 is 0 Å². The third-order valence-corrected chi connectivity index (χ3v) is 3.71. The topological polar surface area (TPSA) is 51.8 Å². The lowest BCUT2D eigenvalue weighted by atomic mass is 9.98. The van der Waals surface area contributed by atoms with Gasteiger partial charge in [-0.3, -0.25) is 0 Å². The fourth-order valence-electron chi connectivity index (χ4n) is 2.53. The minimum atomic E-state index is 0.287. The highest BCUT2D eigenvalue weighted by Gasteiger charge is 2.14. The maximum Gasteiger partial charge on any atom is 0.133 e. The zero-order valence-electron chi connectivity index (χ0n) is 12.2. The molecule has 0 saturated carbocycles. The Labute approximate surface area is 125 Å². The van der Waals surface area contributed by atoms with E-state index in [2.05, 4.69) is 16.9 Å². The lowest BCUT2D eigenvalue weighted by Crippen LogP contribution is -2.15. The van der Waals surface area contributed by atoms with Crippen molar-refractivity contribution in [3.63, 3.8) is 0 Å². The molecule has 1 heterocycles. The molecule has 0 aliphatic heterocycles. The van der Waals surface area contributed by atoms with Crippen LogP contribution in [0.4, 0.5) is 0 Å². The maximum absolute atomic E-state index is 6.00. The summed E-state index contributed by atoms with van der Waals surface area (Å²) in [5.74, 6) is 1.12. The van der Waals surface area contributed by atoms with Gasteiger partial charge in [0.15, 0.2) is 0 Å². The number of hydrogen-bond acceptors (Lipinski definition) is 3. The Morgan fingerprint density at radius 1 is 1.20 bits per heavy atom. The van der Waals surface area contributed by atoms with Gasteiger partial charge in [-0.05, 0) is 49.6 Å². The number of aryl methyl sites for hydroxylation is 2. The van der Waals surface area contributed by atoms with E-state index in [4.69, 9.17) is 17.3 Å². The molecule has 0 amide bonds. The highest BCUT2D eigenvalue weighted by molar-refractivity contribution is 6.30. The molecule has 1 aromatic carbocycles. The summed E-state index contributed by atoms with van der Waals surface area (Å²) in [4.78, 5) is 9.24. The van der Waals surface area contributed by atoms with E-state index in [0.29, 0.717) is 13.0 Å². The molecule has 3 nitrogen and oxygen atoms in total. The van der Waals surface area contributed by atoms with Crippen LogP contribution in [-0.2, 0) is 6.42 Å². The second-order valence-electron chi connectivity index (χ2n) is 5.17. The van der Waals surface area contributed by atoms with Gasteiger partial charge in [-0.1, -0.05) is 30.7 Å². The van der Waals surface area contributed by atoms with E-state index in [-0.39, 0.29) is 5.92 Å². The molecule has 0 saturated heterocycles. The Bertz CT molecular complexity index is 587. The summed E-state index contributed by atoms with van der Waals surface area (Å²) >= 11 is 6.00. The van der Waals surface area contributed by atoms with E-state index in [1.54, 1.807) is 0 Å². The van der Waals surface area contributed by atoms with Crippen molar-refractivity contribution in [1.29, 1.82) is 0 Å². The number of rotatable bonds is 4. The summed E-state index contributed by atoms with van der Waals surface area (Å²) in [7, 11) is 0. The van der Waals surface area contributed by atoms with Crippen LogP contribution >= 0.6 is 11.6 Å². The number of aromatic nitrogens is 2. The molecule has 1 unspecified atom stereocenters. The third kappa shape index (κ3) is 3.35. The average Bonchev–Trinajstić information content (AvgIpc) is 2.37. The molecule has 0 radical (unpaired) electrons. The smallest absolute Gasteiger partial charge is 0.133 e.